The number of anilines is 1. The van der Waals surface area contributed by atoms with Gasteiger partial charge >= 0.3 is 5.95 Å². The molecule has 0 aromatic carbocycles. The minimum Gasteiger partial charge on any atom is -0.330 e. The molecule has 6 N–H and O–H groups in total. The molecule has 80 valence electrons. The molecule has 0 fully saturated rings. The van der Waals surface area contributed by atoms with E-state index in [0.29, 0.717) is 13.1 Å². The molecule has 1 aromatic rings. The van der Waals surface area contributed by atoms with Gasteiger partial charge in [-0.05, 0) is 25.9 Å². The maximum Gasteiger partial charge on any atom is 0.355 e. The first kappa shape index (κ1) is 11.0. The third-order valence-corrected chi connectivity index (χ3v) is 2.22. The van der Waals surface area contributed by atoms with Gasteiger partial charge in [-0.1, -0.05) is 0 Å². The van der Waals surface area contributed by atoms with E-state index in [4.69, 9.17) is 17.2 Å². The molecule has 0 aliphatic rings. The van der Waals surface area contributed by atoms with E-state index in [9.17, 15) is 0 Å². The van der Waals surface area contributed by atoms with Gasteiger partial charge in [0.2, 0.25) is 0 Å². The Kier molecular flexibility index (Phi) is 4.42. The van der Waals surface area contributed by atoms with Gasteiger partial charge in [-0.25, -0.2) is 9.13 Å². The third-order valence-electron chi connectivity index (χ3n) is 2.22. The van der Waals surface area contributed by atoms with Crippen LogP contribution in [0.4, 0.5) is 5.95 Å². The molecule has 0 spiro atoms. The molecular weight excluding hydrogens is 178 g/mol. The largest absolute Gasteiger partial charge is 0.355 e. The number of imidazole rings is 1. The number of aryl methyl sites for hydroxylation is 2. The number of hydrogen-bond donors (Lipinski definition) is 3. The molecule has 1 heterocycles. The van der Waals surface area contributed by atoms with E-state index in [-0.39, 0.29) is 0 Å². The predicted molar refractivity (Wildman–Crippen MR) is 56.4 cm³/mol. The van der Waals surface area contributed by atoms with Crippen LogP contribution in [0, 0.1) is 0 Å². The average Bonchev–Trinajstić information content (AvgIpc) is 2.54. The number of rotatable bonds is 6. The van der Waals surface area contributed by atoms with Crippen molar-refractivity contribution >= 4 is 5.95 Å². The summed E-state index contributed by atoms with van der Waals surface area (Å²) < 4.78 is 4.03. The fraction of sp³-hybridized carbons (Fsp3) is 0.667. The summed E-state index contributed by atoms with van der Waals surface area (Å²) in [6.45, 7) is 3.16. The van der Waals surface area contributed by atoms with Gasteiger partial charge in [0.25, 0.3) is 0 Å². The summed E-state index contributed by atoms with van der Waals surface area (Å²) in [6, 6.07) is 0. The van der Waals surface area contributed by atoms with Crippen molar-refractivity contribution in [1.29, 1.82) is 0 Å². The molecule has 5 nitrogen and oxygen atoms in total. The quantitative estimate of drug-likeness (QED) is 0.515. The average molecular weight is 198 g/mol. The molecule has 0 aliphatic carbocycles. The van der Waals surface area contributed by atoms with Gasteiger partial charge in [0, 0.05) is 0 Å². The van der Waals surface area contributed by atoms with Crippen LogP contribution in [0.25, 0.3) is 0 Å². The van der Waals surface area contributed by atoms with Crippen molar-refractivity contribution < 1.29 is 4.57 Å². The van der Waals surface area contributed by atoms with Crippen LogP contribution in [0.3, 0.4) is 0 Å². The SMILES string of the molecule is NCCCn1cc[n+](CCCN)c1N. The van der Waals surface area contributed by atoms with Gasteiger partial charge in [0.05, 0.1) is 25.5 Å². The van der Waals surface area contributed by atoms with Crippen LogP contribution in [0.1, 0.15) is 12.8 Å². The normalized spacial score (nSPS) is 10.7. The van der Waals surface area contributed by atoms with Crippen LogP contribution < -0.4 is 21.8 Å². The van der Waals surface area contributed by atoms with Crippen molar-refractivity contribution in [2.45, 2.75) is 25.9 Å². The topological polar surface area (TPSA) is 86.9 Å². The van der Waals surface area contributed by atoms with Gasteiger partial charge in [-0.15, -0.1) is 0 Å². The Labute approximate surface area is 84.5 Å². The number of nitrogens with two attached hydrogens (primary N) is 3. The van der Waals surface area contributed by atoms with Crippen molar-refractivity contribution in [3.05, 3.63) is 12.4 Å². The van der Waals surface area contributed by atoms with Gasteiger partial charge < -0.3 is 11.5 Å². The Morgan fingerprint density at radius 3 is 2.57 bits per heavy atom. The predicted octanol–water partition coefficient (Wildman–Crippen LogP) is -0.945. The van der Waals surface area contributed by atoms with Gasteiger partial charge in [0.15, 0.2) is 0 Å². The number of aromatic nitrogens is 2. The lowest BCUT2D eigenvalue weighted by molar-refractivity contribution is -0.682. The zero-order valence-electron chi connectivity index (χ0n) is 8.52. The van der Waals surface area contributed by atoms with Crippen LogP contribution in [0.5, 0.6) is 0 Å². The second-order valence-electron chi connectivity index (χ2n) is 3.33. The lowest BCUT2D eigenvalue weighted by Gasteiger charge is -2.00. The van der Waals surface area contributed by atoms with E-state index >= 15 is 0 Å². The van der Waals surface area contributed by atoms with Crippen molar-refractivity contribution in [2.24, 2.45) is 11.5 Å². The van der Waals surface area contributed by atoms with Crippen molar-refractivity contribution in [2.75, 3.05) is 18.8 Å². The molecule has 1 aromatic heterocycles. The Hall–Kier alpha value is -1.07. The van der Waals surface area contributed by atoms with Crippen molar-refractivity contribution in [1.82, 2.24) is 4.57 Å². The zero-order valence-corrected chi connectivity index (χ0v) is 8.52. The Bertz CT molecular complexity index is 243. The van der Waals surface area contributed by atoms with E-state index in [1.54, 1.807) is 0 Å². The molecule has 1 rings (SSSR count). The van der Waals surface area contributed by atoms with Gasteiger partial charge in [0.1, 0.15) is 0 Å². The molecule has 0 aliphatic heterocycles. The molecule has 0 amide bonds. The molecule has 0 atom stereocenters. The summed E-state index contributed by atoms with van der Waals surface area (Å²) in [7, 11) is 0. The Morgan fingerprint density at radius 2 is 1.93 bits per heavy atom. The van der Waals surface area contributed by atoms with Crippen LogP contribution in [-0.4, -0.2) is 17.7 Å². The molecule has 0 unspecified atom stereocenters. The zero-order chi connectivity index (χ0) is 10.4. The van der Waals surface area contributed by atoms with E-state index in [2.05, 4.69) is 0 Å². The van der Waals surface area contributed by atoms with E-state index in [1.807, 2.05) is 21.5 Å². The highest BCUT2D eigenvalue weighted by molar-refractivity contribution is 5.08. The molecular formula is C9H20N5+. The highest BCUT2D eigenvalue weighted by atomic mass is 15.2. The molecule has 0 saturated heterocycles. The Balaban J connectivity index is 2.55. The minimum atomic E-state index is 0.695. The van der Waals surface area contributed by atoms with Crippen LogP contribution >= 0.6 is 0 Å². The standard InChI is InChI=1S/C9H19N5/c10-3-1-5-13-7-8-14(9(13)12)6-2-4-11/h7-8,12H,1-6,10-11H2/p+1. The highest BCUT2D eigenvalue weighted by Crippen LogP contribution is 1.98. The smallest absolute Gasteiger partial charge is 0.330 e. The second kappa shape index (κ2) is 5.62. The molecule has 14 heavy (non-hydrogen) atoms. The third kappa shape index (κ3) is 2.71. The molecule has 0 radical (unpaired) electrons. The fourth-order valence-electron chi connectivity index (χ4n) is 1.38. The van der Waals surface area contributed by atoms with Crippen molar-refractivity contribution in [3.63, 3.8) is 0 Å². The molecule has 0 bridgehead atoms. The summed E-state index contributed by atoms with van der Waals surface area (Å²) in [5.41, 5.74) is 16.8. The van der Waals surface area contributed by atoms with Gasteiger partial charge in [-0.3, -0.25) is 5.73 Å². The van der Waals surface area contributed by atoms with E-state index < -0.39 is 0 Å². The first-order chi connectivity index (χ1) is 6.79. The van der Waals surface area contributed by atoms with Crippen LogP contribution in [0.15, 0.2) is 12.4 Å². The fourth-order valence-corrected chi connectivity index (χ4v) is 1.38. The first-order valence-corrected chi connectivity index (χ1v) is 5.03. The Morgan fingerprint density at radius 1 is 1.21 bits per heavy atom. The maximum atomic E-state index is 5.93. The van der Waals surface area contributed by atoms with Crippen LogP contribution in [0.2, 0.25) is 0 Å². The summed E-state index contributed by atoms with van der Waals surface area (Å²) in [4.78, 5) is 0. The van der Waals surface area contributed by atoms with Gasteiger partial charge in [-0.2, -0.15) is 0 Å². The van der Waals surface area contributed by atoms with Crippen molar-refractivity contribution in [3.8, 4) is 0 Å². The summed E-state index contributed by atoms with van der Waals surface area (Å²) in [6.07, 6.45) is 5.88. The summed E-state index contributed by atoms with van der Waals surface area (Å²) in [5.74, 6) is 0.784. The second-order valence-corrected chi connectivity index (χ2v) is 3.33. The van der Waals surface area contributed by atoms with Crippen LogP contribution in [-0.2, 0) is 13.1 Å². The van der Waals surface area contributed by atoms with E-state index in [1.165, 1.54) is 0 Å². The number of hydrogen-bond acceptors (Lipinski definition) is 3. The highest BCUT2D eigenvalue weighted by Gasteiger charge is 2.10. The van der Waals surface area contributed by atoms with E-state index in [0.717, 1.165) is 31.9 Å². The lowest BCUT2D eigenvalue weighted by atomic mass is 10.4. The molecule has 0 saturated carbocycles. The number of nitrogens with zero attached hydrogens (tertiary/aromatic N) is 2. The minimum absolute atomic E-state index is 0.695. The monoisotopic (exact) mass is 198 g/mol. The maximum absolute atomic E-state index is 5.93. The molecule has 5 heteroatoms. The number of nitrogen functional groups attached to an aromatic ring is 1. The first-order valence-electron chi connectivity index (χ1n) is 5.03. The lowest BCUT2D eigenvalue weighted by Crippen LogP contribution is -2.36. The summed E-state index contributed by atoms with van der Waals surface area (Å²) in [5, 5.41) is 0. The summed E-state index contributed by atoms with van der Waals surface area (Å²) >= 11 is 0.